The van der Waals surface area contributed by atoms with Crippen LogP contribution >= 0.6 is 0 Å². The standard InChI is InChI=1S/C18H15F2N3O/c19-15-7-5-13(6-8-15)9-18(24)22-16-10-21-23(12-16)11-14-3-1-2-4-17(14)20/h1-8,10,12H,9,11H2,(H,22,24). The number of amides is 1. The molecule has 0 bridgehead atoms. The Bertz CT molecular complexity index is 843. The molecule has 122 valence electrons. The van der Waals surface area contributed by atoms with E-state index in [-0.39, 0.29) is 30.5 Å². The van der Waals surface area contributed by atoms with Crippen LogP contribution in [0.1, 0.15) is 11.1 Å². The Balaban J connectivity index is 1.60. The van der Waals surface area contributed by atoms with Crippen molar-refractivity contribution in [2.45, 2.75) is 13.0 Å². The zero-order valence-electron chi connectivity index (χ0n) is 12.7. The number of benzene rings is 2. The van der Waals surface area contributed by atoms with Crippen LogP contribution in [-0.2, 0) is 17.8 Å². The average Bonchev–Trinajstić information content (AvgIpc) is 2.99. The van der Waals surface area contributed by atoms with Gasteiger partial charge in [0.05, 0.1) is 24.8 Å². The van der Waals surface area contributed by atoms with Crippen LogP contribution in [0.3, 0.4) is 0 Å². The fourth-order valence-corrected chi connectivity index (χ4v) is 2.31. The molecule has 0 fully saturated rings. The molecule has 24 heavy (non-hydrogen) atoms. The smallest absolute Gasteiger partial charge is 0.228 e. The topological polar surface area (TPSA) is 46.9 Å². The maximum absolute atomic E-state index is 13.6. The predicted octanol–water partition coefficient (Wildman–Crippen LogP) is 3.39. The van der Waals surface area contributed by atoms with Gasteiger partial charge in [0.2, 0.25) is 5.91 Å². The highest BCUT2D eigenvalue weighted by molar-refractivity contribution is 5.91. The zero-order valence-corrected chi connectivity index (χ0v) is 12.7. The van der Waals surface area contributed by atoms with Gasteiger partial charge in [-0.15, -0.1) is 0 Å². The summed E-state index contributed by atoms with van der Waals surface area (Å²) in [6.45, 7) is 0.278. The molecule has 3 aromatic rings. The maximum Gasteiger partial charge on any atom is 0.228 e. The molecule has 1 N–H and O–H groups in total. The summed E-state index contributed by atoms with van der Waals surface area (Å²) in [5.41, 5.74) is 1.76. The summed E-state index contributed by atoms with van der Waals surface area (Å²) in [6.07, 6.45) is 3.27. The minimum Gasteiger partial charge on any atom is -0.323 e. The third kappa shape index (κ3) is 4.04. The lowest BCUT2D eigenvalue weighted by atomic mass is 10.1. The fourth-order valence-electron chi connectivity index (χ4n) is 2.31. The highest BCUT2D eigenvalue weighted by Crippen LogP contribution is 2.12. The highest BCUT2D eigenvalue weighted by Gasteiger charge is 2.08. The third-order valence-corrected chi connectivity index (χ3v) is 3.49. The first kappa shape index (κ1) is 15.9. The summed E-state index contributed by atoms with van der Waals surface area (Å²) < 4.78 is 28.0. The van der Waals surface area contributed by atoms with E-state index in [1.165, 1.54) is 24.4 Å². The number of hydrogen-bond acceptors (Lipinski definition) is 2. The quantitative estimate of drug-likeness (QED) is 0.781. The predicted molar refractivity (Wildman–Crippen MR) is 86.5 cm³/mol. The van der Waals surface area contributed by atoms with Gasteiger partial charge < -0.3 is 5.32 Å². The second kappa shape index (κ2) is 7.04. The van der Waals surface area contributed by atoms with E-state index in [1.54, 1.807) is 41.2 Å². The summed E-state index contributed by atoms with van der Waals surface area (Å²) in [7, 11) is 0. The molecule has 2 aromatic carbocycles. The summed E-state index contributed by atoms with van der Waals surface area (Å²) in [4.78, 5) is 12.0. The highest BCUT2D eigenvalue weighted by atomic mass is 19.1. The average molecular weight is 327 g/mol. The normalized spacial score (nSPS) is 10.6. The van der Waals surface area contributed by atoms with Crippen LogP contribution in [0, 0.1) is 11.6 Å². The summed E-state index contributed by atoms with van der Waals surface area (Å²) in [6, 6.07) is 12.2. The van der Waals surface area contributed by atoms with Crippen LogP contribution < -0.4 is 5.32 Å². The molecule has 0 saturated heterocycles. The summed E-state index contributed by atoms with van der Waals surface area (Å²) >= 11 is 0. The Morgan fingerprint density at radius 1 is 1.08 bits per heavy atom. The first-order valence-corrected chi connectivity index (χ1v) is 7.40. The Labute approximate surface area is 137 Å². The number of carbonyl (C=O) groups excluding carboxylic acids is 1. The number of carbonyl (C=O) groups is 1. The minimum atomic E-state index is -0.339. The van der Waals surface area contributed by atoms with Gasteiger partial charge in [-0.05, 0) is 23.8 Å². The van der Waals surface area contributed by atoms with Crippen LogP contribution in [-0.4, -0.2) is 15.7 Å². The number of anilines is 1. The van der Waals surface area contributed by atoms with E-state index < -0.39 is 0 Å². The van der Waals surface area contributed by atoms with Crippen molar-refractivity contribution in [3.8, 4) is 0 Å². The summed E-state index contributed by atoms with van der Waals surface area (Å²) in [5.74, 6) is -0.865. The van der Waals surface area contributed by atoms with Crippen LogP contribution in [0.25, 0.3) is 0 Å². The Morgan fingerprint density at radius 2 is 1.83 bits per heavy atom. The van der Waals surface area contributed by atoms with Gasteiger partial charge in [0, 0.05) is 11.8 Å². The largest absolute Gasteiger partial charge is 0.323 e. The third-order valence-electron chi connectivity index (χ3n) is 3.49. The molecule has 4 nitrogen and oxygen atoms in total. The molecule has 0 atom stereocenters. The van der Waals surface area contributed by atoms with Crippen molar-refractivity contribution < 1.29 is 13.6 Å². The van der Waals surface area contributed by atoms with E-state index in [9.17, 15) is 13.6 Å². The van der Waals surface area contributed by atoms with Crippen LogP contribution in [0.15, 0.2) is 60.9 Å². The van der Waals surface area contributed by atoms with E-state index in [0.717, 1.165) is 0 Å². The zero-order chi connectivity index (χ0) is 16.9. The molecule has 0 radical (unpaired) electrons. The molecule has 1 amide bonds. The second-order valence-corrected chi connectivity index (χ2v) is 5.37. The number of nitrogens with zero attached hydrogens (tertiary/aromatic N) is 2. The van der Waals surface area contributed by atoms with Gasteiger partial charge in [-0.2, -0.15) is 5.10 Å². The Hall–Kier alpha value is -3.02. The molecule has 6 heteroatoms. The molecule has 0 spiro atoms. The molecular formula is C18H15F2N3O. The lowest BCUT2D eigenvalue weighted by Crippen LogP contribution is -2.14. The maximum atomic E-state index is 13.6. The molecule has 0 aliphatic heterocycles. The molecule has 0 aliphatic rings. The van der Waals surface area contributed by atoms with Crippen LogP contribution in [0.5, 0.6) is 0 Å². The molecule has 3 rings (SSSR count). The van der Waals surface area contributed by atoms with E-state index >= 15 is 0 Å². The minimum absolute atomic E-state index is 0.138. The number of rotatable bonds is 5. The van der Waals surface area contributed by atoms with Gasteiger partial charge in [-0.25, -0.2) is 8.78 Å². The number of hydrogen-bond donors (Lipinski definition) is 1. The molecule has 0 unspecified atom stereocenters. The van der Waals surface area contributed by atoms with Crippen molar-refractivity contribution in [2.24, 2.45) is 0 Å². The van der Waals surface area contributed by atoms with Crippen LogP contribution in [0.2, 0.25) is 0 Å². The Morgan fingerprint density at radius 3 is 2.58 bits per heavy atom. The number of halogens is 2. The van der Waals surface area contributed by atoms with E-state index in [1.807, 2.05) is 0 Å². The van der Waals surface area contributed by atoms with Gasteiger partial charge in [-0.3, -0.25) is 9.48 Å². The van der Waals surface area contributed by atoms with E-state index in [4.69, 9.17) is 0 Å². The van der Waals surface area contributed by atoms with E-state index in [2.05, 4.69) is 10.4 Å². The van der Waals surface area contributed by atoms with Gasteiger partial charge >= 0.3 is 0 Å². The van der Waals surface area contributed by atoms with Crippen molar-refractivity contribution >= 4 is 11.6 Å². The first-order chi connectivity index (χ1) is 11.6. The van der Waals surface area contributed by atoms with Gasteiger partial charge in [0.15, 0.2) is 0 Å². The number of nitrogens with one attached hydrogen (secondary N) is 1. The van der Waals surface area contributed by atoms with E-state index in [0.29, 0.717) is 16.8 Å². The van der Waals surface area contributed by atoms with Gasteiger partial charge in [0.1, 0.15) is 11.6 Å². The lowest BCUT2D eigenvalue weighted by molar-refractivity contribution is -0.115. The molecule has 0 saturated carbocycles. The van der Waals surface area contributed by atoms with Gasteiger partial charge in [0.25, 0.3) is 0 Å². The monoisotopic (exact) mass is 327 g/mol. The molecular weight excluding hydrogens is 312 g/mol. The molecule has 0 aliphatic carbocycles. The van der Waals surface area contributed by atoms with Crippen molar-refractivity contribution in [3.05, 3.63) is 83.7 Å². The van der Waals surface area contributed by atoms with Crippen molar-refractivity contribution in [1.82, 2.24) is 9.78 Å². The SMILES string of the molecule is O=C(Cc1ccc(F)cc1)Nc1cnn(Cc2ccccc2F)c1. The summed E-state index contributed by atoms with van der Waals surface area (Å²) in [5, 5.41) is 6.83. The number of aromatic nitrogens is 2. The van der Waals surface area contributed by atoms with Gasteiger partial charge in [-0.1, -0.05) is 30.3 Å². The Kier molecular flexibility index (Phi) is 4.65. The van der Waals surface area contributed by atoms with Crippen molar-refractivity contribution in [2.75, 3.05) is 5.32 Å². The fraction of sp³-hybridized carbons (Fsp3) is 0.111. The molecule has 1 aromatic heterocycles. The second-order valence-electron chi connectivity index (χ2n) is 5.37. The van der Waals surface area contributed by atoms with Crippen LogP contribution in [0.4, 0.5) is 14.5 Å². The molecule has 1 heterocycles. The van der Waals surface area contributed by atoms with Crippen molar-refractivity contribution in [1.29, 1.82) is 0 Å². The van der Waals surface area contributed by atoms with Crippen molar-refractivity contribution in [3.63, 3.8) is 0 Å². The lowest BCUT2D eigenvalue weighted by Gasteiger charge is -2.04. The first-order valence-electron chi connectivity index (χ1n) is 7.40.